The molecule has 10 nitrogen and oxygen atoms in total. The number of unbranched alkanes of at least 4 members (excludes halogenated alkanes) is 3. The fourth-order valence-corrected chi connectivity index (χ4v) is 6.92. The summed E-state index contributed by atoms with van der Waals surface area (Å²) in [5.74, 6) is -0.559. The van der Waals surface area contributed by atoms with Gasteiger partial charge in [-0.05, 0) is 98.7 Å². The molecule has 5 rings (SSSR count). The zero-order valence-electron chi connectivity index (χ0n) is 30.7. The molecule has 0 aromatic heterocycles. The number of benzene rings is 3. The number of carbonyl (C=O) groups excluding carboxylic acids is 4. The minimum atomic E-state index is -1.26. The fourth-order valence-electron chi connectivity index (χ4n) is 6.92. The molecule has 1 saturated heterocycles. The third-order valence-corrected chi connectivity index (χ3v) is 9.82. The van der Waals surface area contributed by atoms with Crippen molar-refractivity contribution in [3.05, 3.63) is 102 Å². The van der Waals surface area contributed by atoms with Crippen molar-refractivity contribution >= 4 is 23.9 Å². The van der Waals surface area contributed by atoms with Crippen molar-refractivity contribution in [1.82, 2.24) is 0 Å². The lowest BCUT2D eigenvalue weighted by Crippen LogP contribution is -2.39. The first-order valence-corrected chi connectivity index (χ1v) is 18.8. The maximum absolute atomic E-state index is 13.0. The van der Waals surface area contributed by atoms with Crippen LogP contribution in [0.3, 0.4) is 0 Å². The van der Waals surface area contributed by atoms with E-state index >= 15 is 0 Å². The maximum atomic E-state index is 13.0. The summed E-state index contributed by atoms with van der Waals surface area (Å²) in [7, 11) is 0. The van der Waals surface area contributed by atoms with Crippen molar-refractivity contribution in [3.8, 4) is 16.9 Å². The Labute approximate surface area is 311 Å². The summed E-state index contributed by atoms with van der Waals surface area (Å²) in [5.41, 5.74) is 4.43. The van der Waals surface area contributed by atoms with Gasteiger partial charge in [0.2, 0.25) is 0 Å². The van der Waals surface area contributed by atoms with Crippen LogP contribution < -0.4 is 4.74 Å². The molecule has 10 heteroatoms. The summed E-state index contributed by atoms with van der Waals surface area (Å²) in [6.07, 6.45) is 8.34. The molecule has 1 heterocycles. The molecule has 0 radical (unpaired) electrons. The van der Waals surface area contributed by atoms with E-state index in [0.717, 1.165) is 29.9 Å². The molecule has 53 heavy (non-hydrogen) atoms. The van der Waals surface area contributed by atoms with Gasteiger partial charge in [0.05, 0.1) is 25.4 Å². The second-order valence-electron chi connectivity index (χ2n) is 13.4. The van der Waals surface area contributed by atoms with Crippen molar-refractivity contribution in [1.29, 1.82) is 0 Å². The fraction of sp³-hybridized carbons (Fsp3) is 0.442. The van der Waals surface area contributed by atoms with Gasteiger partial charge in [-0.1, -0.05) is 80.8 Å². The van der Waals surface area contributed by atoms with Crippen molar-refractivity contribution < 1.29 is 47.6 Å². The monoisotopic (exact) mass is 726 g/mol. The van der Waals surface area contributed by atoms with Crippen LogP contribution >= 0.6 is 0 Å². The minimum Gasteiger partial charge on any atom is -0.464 e. The van der Waals surface area contributed by atoms with Gasteiger partial charge in [0.1, 0.15) is 5.75 Å². The van der Waals surface area contributed by atoms with E-state index in [-0.39, 0.29) is 19.2 Å². The molecule has 0 amide bonds. The smallest absolute Gasteiger partial charge is 0.343 e. The second-order valence-corrected chi connectivity index (χ2v) is 13.4. The molecule has 1 aliphatic heterocycles. The summed E-state index contributed by atoms with van der Waals surface area (Å²) < 4.78 is 32.2. The van der Waals surface area contributed by atoms with Gasteiger partial charge < -0.3 is 28.4 Å². The van der Waals surface area contributed by atoms with Crippen molar-refractivity contribution in [2.75, 3.05) is 19.8 Å². The normalized spacial score (nSPS) is 20.0. The van der Waals surface area contributed by atoms with Crippen LogP contribution in [0.1, 0.15) is 105 Å². The Balaban J connectivity index is 1.06. The molecule has 2 aliphatic rings. The van der Waals surface area contributed by atoms with Crippen molar-refractivity contribution in [3.63, 3.8) is 0 Å². The summed E-state index contributed by atoms with van der Waals surface area (Å²) in [6, 6.07) is 22.6. The van der Waals surface area contributed by atoms with Crippen LogP contribution in [0.25, 0.3) is 11.1 Å². The molecule has 2 atom stereocenters. The Hall–Kier alpha value is -4.80. The van der Waals surface area contributed by atoms with E-state index in [4.69, 9.17) is 28.4 Å². The van der Waals surface area contributed by atoms with Crippen molar-refractivity contribution in [2.24, 2.45) is 5.92 Å². The van der Waals surface area contributed by atoms with Gasteiger partial charge in [0.25, 0.3) is 0 Å². The van der Waals surface area contributed by atoms with Crippen LogP contribution in [0.4, 0.5) is 0 Å². The predicted octanol–water partition coefficient (Wildman–Crippen LogP) is 8.44. The first kappa shape index (κ1) is 39.4. The van der Waals surface area contributed by atoms with Gasteiger partial charge in [-0.15, -0.1) is 0 Å². The third kappa shape index (κ3) is 11.1. The number of hydrogen-bond donors (Lipinski definition) is 0. The first-order chi connectivity index (χ1) is 25.8. The number of esters is 4. The average Bonchev–Trinajstić information content (AvgIpc) is 3.64. The van der Waals surface area contributed by atoms with E-state index < -0.39 is 36.4 Å². The van der Waals surface area contributed by atoms with Crippen molar-refractivity contribution in [2.45, 2.75) is 96.1 Å². The highest BCUT2D eigenvalue weighted by atomic mass is 16.8. The third-order valence-electron chi connectivity index (χ3n) is 9.82. The second kappa shape index (κ2) is 19.9. The quantitative estimate of drug-likeness (QED) is 0.0440. The van der Waals surface area contributed by atoms with Crippen LogP contribution in [0, 0.1) is 5.92 Å². The standard InChI is InChI=1S/C43H50O10/c1-4-37(44)50-28-10-8-7-9-11-29-12-14-30(15-13-29)31-16-18-32(19-17-31)33-20-22-34(23-21-33)40(45)51-36-26-24-35(25-27-36)43-52-38(41(46)48-5-2)39(53-43)42(47)49-6-3/h4,16-27,29-30,38-39,43H,1,5-15,28H2,2-3H3/t29-,30-,38-,39-/m1/s1. The van der Waals surface area contributed by atoms with E-state index in [9.17, 15) is 19.2 Å². The summed E-state index contributed by atoms with van der Waals surface area (Å²) in [5, 5.41) is 0. The van der Waals surface area contributed by atoms with E-state index in [1.807, 2.05) is 12.1 Å². The highest BCUT2D eigenvalue weighted by Gasteiger charge is 2.47. The highest BCUT2D eigenvalue weighted by molar-refractivity contribution is 5.91. The Morgan fingerprint density at radius 1 is 0.679 bits per heavy atom. The number of rotatable bonds is 17. The van der Waals surface area contributed by atoms with Crippen LogP contribution in [0.2, 0.25) is 0 Å². The Kier molecular flexibility index (Phi) is 14.8. The Bertz CT molecular complexity index is 1630. The van der Waals surface area contributed by atoms with E-state index in [0.29, 0.717) is 29.4 Å². The average molecular weight is 727 g/mol. The van der Waals surface area contributed by atoms with Gasteiger partial charge >= 0.3 is 23.9 Å². The number of ether oxygens (including phenoxy) is 6. The molecule has 0 spiro atoms. The van der Waals surface area contributed by atoms with Crippen LogP contribution in [-0.4, -0.2) is 55.9 Å². The van der Waals surface area contributed by atoms with Crippen LogP contribution in [-0.2, 0) is 38.1 Å². The summed E-state index contributed by atoms with van der Waals surface area (Å²) in [4.78, 5) is 48.9. The van der Waals surface area contributed by atoms with Gasteiger partial charge in [-0.2, -0.15) is 0 Å². The molecular formula is C43H50O10. The molecule has 3 aromatic rings. The summed E-state index contributed by atoms with van der Waals surface area (Å²) >= 11 is 0. The zero-order valence-corrected chi connectivity index (χ0v) is 30.7. The Morgan fingerprint density at radius 3 is 1.79 bits per heavy atom. The molecule has 3 aromatic carbocycles. The minimum absolute atomic E-state index is 0.125. The van der Waals surface area contributed by atoms with Gasteiger partial charge in [0.15, 0.2) is 18.5 Å². The Morgan fingerprint density at radius 2 is 1.23 bits per heavy atom. The maximum Gasteiger partial charge on any atom is 0.343 e. The summed E-state index contributed by atoms with van der Waals surface area (Å²) in [6.45, 7) is 7.46. The molecule has 1 aliphatic carbocycles. The van der Waals surface area contributed by atoms with E-state index in [2.05, 4.69) is 30.8 Å². The zero-order chi connectivity index (χ0) is 37.6. The predicted molar refractivity (Wildman–Crippen MR) is 198 cm³/mol. The molecule has 282 valence electrons. The molecular weight excluding hydrogens is 676 g/mol. The van der Waals surface area contributed by atoms with Gasteiger partial charge in [-0.3, -0.25) is 0 Å². The van der Waals surface area contributed by atoms with E-state index in [1.165, 1.54) is 56.6 Å². The number of hydrogen-bond acceptors (Lipinski definition) is 10. The SMILES string of the molecule is C=CC(=O)OCCCCCC[C@H]1CC[C@H](c2ccc(-c3ccc(C(=O)Oc4ccc(C5O[C@@H](C(=O)OCC)[C@H](C(=O)OCC)O5)cc4)cc3)cc2)CC1. The van der Waals surface area contributed by atoms with Crippen LogP contribution in [0.15, 0.2) is 85.5 Å². The largest absolute Gasteiger partial charge is 0.464 e. The van der Waals surface area contributed by atoms with Crippen LogP contribution in [0.5, 0.6) is 5.75 Å². The molecule has 0 bridgehead atoms. The lowest BCUT2D eigenvalue weighted by atomic mass is 9.77. The molecule has 0 N–H and O–H groups in total. The molecule has 1 saturated carbocycles. The molecule has 2 fully saturated rings. The number of carbonyl (C=O) groups is 4. The van der Waals surface area contributed by atoms with E-state index in [1.54, 1.807) is 50.2 Å². The molecule has 0 unspecified atom stereocenters. The highest BCUT2D eigenvalue weighted by Crippen LogP contribution is 2.38. The topological polar surface area (TPSA) is 124 Å². The lowest BCUT2D eigenvalue weighted by molar-refractivity contribution is -0.163. The van der Waals surface area contributed by atoms with Gasteiger partial charge in [0, 0.05) is 11.6 Å². The van der Waals surface area contributed by atoms with Gasteiger partial charge in [-0.25, -0.2) is 19.2 Å². The first-order valence-electron chi connectivity index (χ1n) is 18.8. The lowest BCUT2D eigenvalue weighted by Gasteiger charge is -2.29.